The second-order valence-electron chi connectivity index (χ2n) is 4.10. The highest BCUT2D eigenvalue weighted by molar-refractivity contribution is 5.99. The Balaban J connectivity index is 2.06. The molecule has 2 aromatic rings. The fraction of sp³-hybridized carbons (Fsp3) is 0.0833. The van der Waals surface area contributed by atoms with Crippen LogP contribution in [0.4, 0.5) is 10.1 Å². The van der Waals surface area contributed by atoms with Crippen LogP contribution in [-0.2, 0) is 11.2 Å². The average molecular weight is 262 g/mol. The van der Waals surface area contributed by atoms with Crippen LogP contribution in [-0.4, -0.2) is 22.1 Å². The summed E-state index contributed by atoms with van der Waals surface area (Å²) < 4.78 is 18.6. The molecule has 0 aliphatic carbocycles. The van der Waals surface area contributed by atoms with Crippen molar-refractivity contribution >= 4 is 17.6 Å². The number of benzene rings is 1. The number of carbonyl (C=O) groups excluding carboxylic acids is 1. The van der Waals surface area contributed by atoms with E-state index in [2.05, 4.69) is 10.5 Å². The molecule has 7 heteroatoms. The number of hydrogen-bond acceptors (Lipinski definition) is 4. The molecule has 0 saturated heterocycles. The van der Waals surface area contributed by atoms with Crippen LogP contribution in [0.5, 0.6) is 0 Å². The van der Waals surface area contributed by atoms with Gasteiger partial charge in [-0.15, -0.1) is 0 Å². The number of rotatable bonds is 2. The van der Waals surface area contributed by atoms with Crippen LogP contribution in [0.25, 0.3) is 11.3 Å². The zero-order valence-electron chi connectivity index (χ0n) is 9.44. The van der Waals surface area contributed by atoms with Gasteiger partial charge in [-0.1, -0.05) is 5.16 Å². The SMILES string of the molecule is O=C1Cc2cc(-c3cc(C(=O)O)no3)cc(F)c2N1. The van der Waals surface area contributed by atoms with E-state index in [1.54, 1.807) is 6.07 Å². The quantitative estimate of drug-likeness (QED) is 0.858. The number of nitrogens with zero attached hydrogens (tertiary/aromatic N) is 1. The first-order valence-corrected chi connectivity index (χ1v) is 5.37. The number of anilines is 1. The monoisotopic (exact) mass is 262 g/mol. The second kappa shape index (κ2) is 3.91. The third kappa shape index (κ3) is 1.85. The van der Waals surface area contributed by atoms with E-state index in [-0.39, 0.29) is 29.5 Å². The summed E-state index contributed by atoms with van der Waals surface area (Å²) in [5.41, 5.74) is 0.748. The minimum Gasteiger partial charge on any atom is -0.476 e. The first kappa shape index (κ1) is 11.4. The molecule has 19 heavy (non-hydrogen) atoms. The normalized spacial score (nSPS) is 13.2. The van der Waals surface area contributed by atoms with E-state index in [1.807, 2.05) is 0 Å². The van der Waals surface area contributed by atoms with Crippen LogP contribution in [0.15, 0.2) is 22.7 Å². The molecule has 0 spiro atoms. The molecule has 0 radical (unpaired) electrons. The van der Waals surface area contributed by atoms with Crippen molar-refractivity contribution in [1.29, 1.82) is 0 Å². The van der Waals surface area contributed by atoms with Crippen LogP contribution >= 0.6 is 0 Å². The Morgan fingerprint density at radius 2 is 2.21 bits per heavy atom. The first-order valence-electron chi connectivity index (χ1n) is 5.37. The lowest BCUT2D eigenvalue weighted by Gasteiger charge is -2.02. The fourth-order valence-electron chi connectivity index (χ4n) is 1.95. The van der Waals surface area contributed by atoms with Crippen LogP contribution in [0.2, 0.25) is 0 Å². The Bertz CT molecular complexity index is 708. The van der Waals surface area contributed by atoms with Crippen LogP contribution in [0, 0.1) is 5.82 Å². The van der Waals surface area contributed by atoms with Gasteiger partial charge in [0.05, 0.1) is 12.1 Å². The van der Waals surface area contributed by atoms with Gasteiger partial charge in [-0.3, -0.25) is 4.79 Å². The maximum absolute atomic E-state index is 13.8. The maximum Gasteiger partial charge on any atom is 0.358 e. The van der Waals surface area contributed by atoms with E-state index in [1.165, 1.54) is 6.07 Å². The number of aromatic carboxylic acids is 1. The molecule has 0 atom stereocenters. The topological polar surface area (TPSA) is 92.4 Å². The molecule has 2 heterocycles. The molecule has 2 N–H and O–H groups in total. The van der Waals surface area contributed by atoms with Crippen molar-refractivity contribution in [3.05, 3.63) is 35.3 Å². The van der Waals surface area contributed by atoms with Crippen molar-refractivity contribution in [1.82, 2.24) is 5.16 Å². The Labute approximate surface area is 105 Å². The molecule has 1 aromatic heterocycles. The van der Waals surface area contributed by atoms with Gasteiger partial charge >= 0.3 is 5.97 Å². The Hall–Kier alpha value is -2.70. The Morgan fingerprint density at radius 3 is 2.89 bits per heavy atom. The minimum absolute atomic E-state index is 0.0834. The Kier molecular flexibility index (Phi) is 2.34. The number of nitrogens with one attached hydrogen (secondary N) is 1. The smallest absolute Gasteiger partial charge is 0.358 e. The lowest BCUT2D eigenvalue weighted by atomic mass is 10.1. The standard InChI is InChI=1S/C12H7FN2O4/c13-7-2-5(1-6-3-10(16)14-11(6)7)9-4-8(12(17)18)15-19-9/h1-2,4H,3H2,(H,14,16)(H,17,18). The summed E-state index contributed by atoms with van der Waals surface area (Å²) in [6, 6.07) is 3.94. The van der Waals surface area contributed by atoms with Crippen molar-refractivity contribution in [2.75, 3.05) is 5.32 Å². The summed E-state index contributed by atoms with van der Waals surface area (Å²) in [6.07, 6.45) is 0.0834. The molecular weight excluding hydrogens is 255 g/mol. The number of aromatic nitrogens is 1. The van der Waals surface area contributed by atoms with Crippen molar-refractivity contribution in [2.45, 2.75) is 6.42 Å². The molecule has 3 rings (SSSR count). The molecule has 0 unspecified atom stereocenters. The van der Waals surface area contributed by atoms with Crippen molar-refractivity contribution in [3.63, 3.8) is 0 Å². The van der Waals surface area contributed by atoms with Gasteiger partial charge in [0.25, 0.3) is 0 Å². The molecule has 96 valence electrons. The van der Waals surface area contributed by atoms with Crippen LogP contribution in [0.1, 0.15) is 16.1 Å². The number of carbonyl (C=O) groups is 2. The van der Waals surface area contributed by atoms with Gasteiger partial charge < -0.3 is 14.9 Å². The van der Waals surface area contributed by atoms with Gasteiger partial charge in [0.1, 0.15) is 5.82 Å². The van der Waals surface area contributed by atoms with Crippen molar-refractivity contribution in [2.24, 2.45) is 0 Å². The molecule has 1 aliphatic heterocycles. The summed E-state index contributed by atoms with van der Waals surface area (Å²) in [7, 11) is 0. The molecule has 1 aromatic carbocycles. The highest BCUT2D eigenvalue weighted by Crippen LogP contribution is 2.32. The molecule has 0 saturated carbocycles. The fourth-order valence-corrected chi connectivity index (χ4v) is 1.95. The number of amides is 1. The summed E-state index contributed by atoms with van der Waals surface area (Å²) in [5, 5.41) is 14.5. The van der Waals surface area contributed by atoms with Crippen molar-refractivity contribution in [3.8, 4) is 11.3 Å². The summed E-state index contributed by atoms with van der Waals surface area (Å²) >= 11 is 0. The minimum atomic E-state index is -1.23. The van der Waals surface area contributed by atoms with E-state index in [0.717, 1.165) is 6.07 Å². The zero-order chi connectivity index (χ0) is 13.6. The second-order valence-corrected chi connectivity index (χ2v) is 4.10. The third-order valence-electron chi connectivity index (χ3n) is 2.80. The molecule has 6 nitrogen and oxygen atoms in total. The lowest BCUT2D eigenvalue weighted by molar-refractivity contribution is -0.115. The van der Waals surface area contributed by atoms with Crippen molar-refractivity contribution < 1.29 is 23.6 Å². The zero-order valence-corrected chi connectivity index (χ0v) is 9.44. The summed E-state index contributed by atoms with van der Waals surface area (Å²) in [6.45, 7) is 0. The lowest BCUT2D eigenvalue weighted by Crippen LogP contribution is -2.04. The van der Waals surface area contributed by atoms with Gasteiger partial charge in [-0.25, -0.2) is 9.18 Å². The van der Waals surface area contributed by atoms with Gasteiger partial charge in [0.15, 0.2) is 11.5 Å². The number of carboxylic acid groups (broad SMARTS) is 1. The van der Waals surface area contributed by atoms with E-state index >= 15 is 0 Å². The Morgan fingerprint density at radius 1 is 1.42 bits per heavy atom. The van der Waals surface area contributed by atoms with E-state index in [4.69, 9.17) is 9.63 Å². The van der Waals surface area contributed by atoms with Gasteiger partial charge in [0, 0.05) is 11.6 Å². The highest BCUT2D eigenvalue weighted by Gasteiger charge is 2.23. The van der Waals surface area contributed by atoms with E-state index in [9.17, 15) is 14.0 Å². The maximum atomic E-state index is 13.8. The number of hydrogen-bond donors (Lipinski definition) is 2. The predicted octanol–water partition coefficient (Wildman–Crippen LogP) is 1.67. The number of carboxylic acids is 1. The van der Waals surface area contributed by atoms with Crippen LogP contribution < -0.4 is 5.32 Å². The molecule has 1 amide bonds. The van der Waals surface area contributed by atoms with Crippen LogP contribution in [0.3, 0.4) is 0 Å². The molecule has 1 aliphatic rings. The number of halogens is 1. The van der Waals surface area contributed by atoms with Gasteiger partial charge in [-0.05, 0) is 17.7 Å². The number of fused-ring (bicyclic) bond motifs is 1. The highest BCUT2D eigenvalue weighted by atomic mass is 19.1. The first-order chi connectivity index (χ1) is 9.04. The molecule has 0 bridgehead atoms. The molecule has 0 fully saturated rings. The van der Waals surface area contributed by atoms with Gasteiger partial charge in [0.2, 0.25) is 5.91 Å². The molecular formula is C12H7FN2O4. The summed E-state index contributed by atoms with van der Waals surface area (Å²) in [5.74, 6) is -1.96. The van der Waals surface area contributed by atoms with Gasteiger partial charge in [-0.2, -0.15) is 0 Å². The largest absolute Gasteiger partial charge is 0.476 e. The average Bonchev–Trinajstić information content (AvgIpc) is 2.94. The predicted molar refractivity (Wildman–Crippen MR) is 61.2 cm³/mol. The van der Waals surface area contributed by atoms with E-state index in [0.29, 0.717) is 11.1 Å². The summed E-state index contributed by atoms with van der Waals surface area (Å²) in [4.78, 5) is 21.9. The third-order valence-corrected chi connectivity index (χ3v) is 2.80. The van der Waals surface area contributed by atoms with E-state index < -0.39 is 11.8 Å².